The molecule has 0 radical (unpaired) electrons. The molecule has 5 aliphatic carbocycles. The van der Waals surface area contributed by atoms with Gasteiger partial charge in [0.15, 0.2) is 6.04 Å². The van der Waals surface area contributed by atoms with Crippen LogP contribution in [0, 0.1) is 29.0 Å². The van der Waals surface area contributed by atoms with Crippen LogP contribution in [0.1, 0.15) is 86.6 Å². The molecule has 182 valence electrons. The van der Waals surface area contributed by atoms with E-state index in [0.29, 0.717) is 18.3 Å². The number of carbonyl (C=O) groups excluding carboxylic acids is 2. The Morgan fingerprint density at radius 2 is 1.79 bits per heavy atom. The van der Waals surface area contributed by atoms with Gasteiger partial charge in [-0.1, -0.05) is 0 Å². The number of rotatable bonds is 7. The molecule has 1 heterocycles. The summed E-state index contributed by atoms with van der Waals surface area (Å²) in [6.07, 6.45) is 11.6. The molecule has 1 aromatic rings. The average molecular weight is 469 g/mol. The van der Waals surface area contributed by atoms with Crippen LogP contribution in [-0.2, 0) is 9.53 Å². The number of benzene rings is 1. The zero-order valence-electron chi connectivity index (χ0n) is 19.8. The second-order valence-corrected chi connectivity index (χ2v) is 11.3. The molecule has 1 unspecified atom stereocenters. The van der Waals surface area contributed by atoms with Crippen LogP contribution in [-0.4, -0.2) is 42.4 Å². The van der Waals surface area contributed by atoms with E-state index < -0.39 is 23.7 Å². The van der Waals surface area contributed by atoms with Gasteiger partial charge in [-0.15, -0.1) is 0 Å². The number of ether oxygens (including phenoxy) is 2. The highest BCUT2D eigenvalue weighted by Gasteiger charge is 2.51. The summed E-state index contributed by atoms with van der Waals surface area (Å²) in [7, 11) is 0. The Balaban J connectivity index is 1.23. The van der Waals surface area contributed by atoms with Gasteiger partial charge in [0.1, 0.15) is 11.6 Å². The van der Waals surface area contributed by atoms with Crippen LogP contribution in [0.2, 0.25) is 0 Å². The summed E-state index contributed by atoms with van der Waals surface area (Å²) in [5.74, 6) is 1.62. The summed E-state index contributed by atoms with van der Waals surface area (Å²) in [5.41, 5.74) is 1.08. The van der Waals surface area contributed by atoms with Gasteiger partial charge in [-0.2, -0.15) is 5.10 Å². The molecule has 5 fully saturated rings. The van der Waals surface area contributed by atoms with Gasteiger partial charge in [0.2, 0.25) is 0 Å². The van der Waals surface area contributed by atoms with Crippen molar-refractivity contribution in [3.05, 3.63) is 29.1 Å². The van der Waals surface area contributed by atoms with Crippen molar-refractivity contribution in [3.8, 4) is 5.75 Å². The molecule has 7 heteroatoms. The molecule has 34 heavy (non-hydrogen) atoms. The molecule has 1 aromatic carbocycles. The second kappa shape index (κ2) is 8.35. The molecule has 1 atom stereocenters. The summed E-state index contributed by atoms with van der Waals surface area (Å²) in [4.78, 5) is 25.5. The van der Waals surface area contributed by atoms with Crippen LogP contribution < -0.4 is 4.74 Å². The first-order chi connectivity index (χ1) is 16.4. The van der Waals surface area contributed by atoms with Crippen molar-refractivity contribution in [1.82, 2.24) is 5.01 Å². The lowest BCUT2D eigenvalue weighted by molar-refractivity contribution is -0.147. The predicted octanol–water partition coefficient (Wildman–Crippen LogP) is 5.06. The summed E-state index contributed by atoms with van der Waals surface area (Å²) in [6.45, 7) is 2.57. The zero-order chi connectivity index (χ0) is 23.4. The SMILES string of the molecule is CCOC(=O)C1CC=NN1C(=O)c1cc(C2CC2)c(OCC23CC4CC(CC(C4)C2)C3)cc1F. The Hall–Kier alpha value is -2.44. The molecular formula is C27H33FN2O4. The average Bonchev–Trinajstić information content (AvgIpc) is 3.52. The third kappa shape index (κ3) is 3.91. The lowest BCUT2D eigenvalue weighted by atomic mass is 9.50. The summed E-state index contributed by atoms with van der Waals surface area (Å²) in [6, 6.07) is 2.18. The molecule has 5 saturated carbocycles. The van der Waals surface area contributed by atoms with E-state index in [4.69, 9.17) is 9.47 Å². The Bertz CT molecular complexity index is 998. The van der Waals surface area contributed by atoms with Crippen LogP contribution in [0.3, 0.4) is 0 Å². The van der Waals surface area contributed by atoms with Gasteiger partial charge in [-0.3, -0.25) is 4.79 Å². The third-order valence-electron chi connectivity index (χ3n) is 8.64. The smallest absolute Gasteiger partial charge is 0.331 e. The molecule has 0 saturated heterocycles. The first-order valence-corrected chi connectivity index (χ1v) is 12.9. The second-order valence-electron chi connectivity index (χ2n) is 11.3. The first kappa shape index (κ1) is 22.1. The molecule has 6 nitrogen and oxygen atoms in total. The minimum absolute atomic E-state index is 0.0580. The van der Waals surface area contributed by atoms with Crippen LogP contribution in [0.25, 0.3) is 0 Å². The van der Waals surface area contributed by atoms with Gasteiger partial charge in [0.05, 0.1) is 18.8 Å². The van der Waals surface area contributed by atoms with E-state index in [1.54, 1.807) is 13.0 Å². The van der Waals surface area contributed by atoms with Gasteiger partial charge in [0, 0.05) is 24.1 Å². The Morgan fingerprint density at radius 3 is 2.41 bits per heavy atom. The van der Waals surface area contributed by atoms with E-state index in [2.05, 4.69) is 5.10 Å². The topological polar surface area (TPSA) is 68.2 Å². The van der Waals surface area contributed by atoms with E-state index >= 15 is 4.39 Å². The van der Waals surface area contributed by atoms with E-state index in [-0.39, 0.29) is 24.0 Å². The predicted molar refractivity (Wildman–Crippen MR) is 124 cm³/mol. The van der Waals surface area contributed by atoms with Crippen molar-refractivity contribution in [1.29, 1.82) is 0 Å². The van der Waals surface area contributed by atoms with Crippen molar-refractivity contribution in [3.63, 3.8) is 0 Å². The van der Waals surface area contributed by atoms with Gasteiger partial charge in [0.25, 0.3) is 5.91 Å². The summed E-state index contributed by atoms with van der Waals surface area (Å²) < 4.78 is 26.7. The lowest BCUT2D eigenvalue weighted by Gasteiger charge is -2.56. The van der Waals surface area contributed by atoms with Gasteiger partial charge in [-0.05, 0) is 93.6 Å². The van der Waals surface area contributed by atoms with Gasteiger partial charge >= 0.3 is 5.97 Å². The normalized spacial score (nSPS) is 33.4. The number of halogens is 1. The number of amides is 1. The minimum atomic E-state index is -0.844. The highest BCUT2D eigenvalue weighted by Crippen LogP contribution is 2.60. The van der Waals surface area contributed by atoms with Gasteiger partial charge < -0.3 is 9.47 Å². The molecule has 4 bridgehead atoms. The maximum absolute atomic E-state index is 15.3. The van der Waals surface area contributed by atoms with Crippen LogP contribution in [0.4, 0.5) is 4.39 Å². The number of carbonyl (C=O) groups is 2. The van der Waals surface area contributed by atoms with Crippen molar-refractivity contribution < 1.29 is 23.5 Å². The molecule has 0 spiro atoms. The summed E-state index contributed by atoms with van der Waals surface area (Å²) in [5, 5.41) is 5.11. The van der Waals surface area contributed by atoms with E-state index in [1.807, 2.05) is 0 Å². The minimum Gasteiger partial charge on any atom is -0.493 e. The van der Waals surface area contributed by atoms with Crippen molar-refractivity contribution in [2.24, 2.45) is 28.3 Å². The zero-order valence-corrected chi connectivity index (χ0v) is 19.8. The fourth-order valence-corrected chi connectivity index (χ4v) is 7.44. The summed E-state index contributed by atoms with van der Waals surface area (Å²) >= 11 is 0. The van der Waals surface area contributed by atoms with E-state index in [1.165, 1.54) is 50.8 Å². The first-order valence-electron chi connectivity index (χ1n) is 12.9. The van der Waals surface area contributed by atoms with Crippen molar-refractivity contribution in [2.45, 2.75) is 76.7 Å². The highest BCUT2D eigenvalue weighted by molar-refractivity contribution is 5.99. The van der Waals surface area contributed by atoms with Crippen LogP contribution in [0.15, 0.2) is 17.2 Å². The van der Waals surface area contributed by atoms with Crippen LogP contribution >= 0.6 is 0 Å². The molecular weight excluding hydrogens is 435 g/mol. The monoisotopic (exact) mass is 468 g/mol. The Morgan fingerprint density at radius 1 is 1.12 bits per heavy atom. The molecule has 6 aliphatic rings. The largest absolute Gasteiger partial charge is 0.493 e. The Labute approximate surface area is 199 Å². The molecule has 0 N–H and O–H groups in total. The highest BCUT2D eigenvalue weighted by atomic mass is 19.1. The number of hydrazone groups is 1. The van der Waals surface area contributed by atoms with E-state index in [9.17, 15) is 9.59 Å². The molecule has 7 rings (SSSR count). The maximum atomic E-state index is 15.3. The molecule has 1 aliphatic heterocycles. The maximum Gasteiger partial charge on any atom is 0.331 e. The molecule has 1 amide bonds. The molecule has 0 aromatic heterocycles. The standard InChI is InChI=1S/C27H33FN2O4/c1-2-33-26(32)23-5-6-29-30(23)25(31)21-10-20(19-3-4-19)24(11-22(21)28)34-15-27-12-16-7-17(13-27)9-18(8-16)14-27/h6,10-11,16-19,23H,2-5,7-9,12-15H2,1H3. The number of esters is 1. The van der Waals surface area contributed by atoms with Crippen LogP contribution in [0.5, 0.6) is 5.75 Å². The fourth-order valence-electron chi connectivity index (χ4n) is 7.44. The fraction of sp³-hybridized carbons (Fsp3) is 0.667. The third-order valence-corrected chi connectivity index (χ3v) is 8.64. The lowest BCUT2D eigenvalue weighted by Crippen LogP contribution is -2.48. The quantitative estimate of drug-likeness (QED) is 0.525. The Kier molecular flexibility index (Phi) is 5.41. The van der Waals surface area contributed by atoms with Crippen molar-refractivity contribution >= 4 is 18.1 Å². The van der Waals surface area contributed by atoms with E-state index in [0.717, 1.165) is 41.2 Å². The van der Waals surface area contributed by atoms with Gasteiger partial charge in [-0.25, -0.2) is 14.2 Å². The number of nitrogens with zero attached hydrogens (tertiary/aromatic N) is 2. The van der Waals surface area contributed by atoms with Crippen molar-refractivity contribution in [2.75, 3.05) is 13.2 Å². The number of hydrogen-bond donors (Lipinski definition) is 0. The number of hydrogen-bond acceptors (Lipinski definition) is 5.